The van der Waals surface area contributed by atoms with Crippen LogP contribution in [0, 0.1) is 0 Å². The van der Waals surface area contributed by atoms with E-state index in [2.05, 4.69) is 10.3 Å². The molecular weight excluding hydrogens is 188 g/mol. The fraction of sp³-hybridized carbons (Fsp3) is 0.500. The van der Waals surface area contributed by atoms with Crippen molar-refractivity contribution in [1.82, 2.24) is 10.3 Å². The van der Waals surface area contributed by atoms with Gasteiger partial charge in [-0.1, -0.05) is 6.92 Å². The monoisotopic (exact) mass is 200 g/mol. The van der Waals surface area contributed by atoms with Crippen molar-refractivity contribution in [3.8, 4) is 0 Å². The molecule has 1 atom stereocenters. The number of carboxylic acid groups (broad SMARTS) is 1. The largest absolute Gasteiger partial charge is 0.480 e. The Morgan fingerprint density at radius 2 is 2.54 bits per heavy atom. The van der Waals surface area contributed by atoms with Crippen LogP contribution >= 0.6 is 11.3 Å². The van der Waals surface area contributed by atoms with Gasteiger partial charge in [0.2, 0.25) is 0 Å². The van der Waals surface area contributed by atoms with Crippen molar-refractivity contribution >= 4 is 17.3 Å². The molecule has 72 valence electrons. The molecule has 4 nitrogen and oxygen atoms in total. The minimum atomic E-state index is -1.02. The minimum Gasteiger partial charge on any atom is -0.480 e. The van der Waals surface area contributed by atoms with Crippen LogP contribution in [-0.4, -0.2) is 23.1 Å². The Hall–Kier alpha value is -0.940. The van der Waals surface area contributed by atoms with Gasteiger partial charge < -0.3 is 5.11 Å². The average molecular weight is 200 g/mol. The Morgan fingerprint density at radius 3 is 2.85 bits per heavy atom. The Bertz CT molecular complexity index is 280. The summed E-state index contributed by atoms with van der Waals surface area (Å²) >= 11 is 1.35. The summed E-state index contributed by atoms with van der Waals surface area (Å²) in [5.74, 6) is -0.882. The number of hydrogen-bond donors (Lipinski definition) is 2. The number of carbonyl (C=O) groups is 1. The van der Waals surface area contributed by atoms with Gasteiger partial charge in [-0.25, -0.2) is 9.78 Å². The summed E-state index contributed by atoms with van der Waals surface area (Å²) in [6, 6.07) is 0. The topological polar surface area (TPSA) is 62.2 Å². The average Bonchev–Trinajstić information content (AvgIpc) is 2.60. The lowest BCUT2D eigenvalue weighted by Crippen LogP contribution is -2.46. The van der Waals surface area contributed by atoms with Crippen LogP contribution in [0.2, 0.25) is 0 Å². The summed E-state index contributed by atoms with van der Waals surface area (Å²) in [6.07, 6.45) is 2.09. The molecule has 5 heteroatoms. The van der Waals surface area contributed by atoms with Crippen molar-refractivity contribution in [2.45, 2.75) is 18.9 Å². The third-order valence-corrected chi connectivity index (χ3v) is 3.05. The zero-order valence-corrected chi connectivity index (χ0v) is 8.39. The van der Waals surface area contributed by atoms with Gasteiger partial charge in [0, 0.05) is 11.6 Å². The summed E-state index contributed by atoms with van der Waals surface area (Å²) in [5.41, 5.74) is -1.02. The summed E-state index contributed by atoms with van der Waals surface area (Å²) in [4.78, 5) is 15.1. The second kappa shape index (κ2) is 3.85. The second-order valence-electron chi connectivity index (χ2n) is 2.65. The van der Waals surface area contributed by atoms with E-state index in [1.54, 1.807) is 18.6 Å². The van der Waals surface area contributed by atoms with Gasteiger partial charge in [0.25, 0.3) is 0 Å². The highest BCUT2D eigenvalue weighted by molar-refractivity contribution is 7.09. The molecule has 0 aliphatic rings. The standard InChI is InChI=1S/C8H12N2O2S/c1-3-8(9-2,7(11)12)6-10-4-5-13-6/h4-5,9H,3H2,1-2H3,(H,11,12). The van der Waals surface area contributed by atoms with E-state index in [0.29, 0.717) is 11.4 Å². The highest BCUT2D eigenvalue weighted by Crippen LogP contribution is 2.26. The molecule has 1 aromatic rings. The molecule has 0 radical (unpaired) electrons. The summed E-state index contributed by atoms with van der Waals surface area (Å²) < 4.78 is 0. The zero-order chi connectivity index (χ0) is 9.90. The van der Waals surface area contributed by atoms with Crippen molar-refractivity contribution in [1.29, 1.82) is 0 Å². The Labute approximate surface area is 80.6 Å². The first kappa shape index (κ1) is 10.1. The fourth-order valence-corrected chi connectivity index (χ4v) is 2.13. The molecule has 1 unspecified atom stereocenters. The third-order valence-electron chi connectivity index (χ3n) is 2.12. The SMILES string of the molecule is CCC(NC)(C(=O)O)c1nccs1. The van der Waals surface area contributed by atoms with E-state index in [4.69, 9.17) is 5.11 Å². The maximum Gasteiger partial charge on any atom is 0.331 e. The van der Waals surface area contributed by atoms with Crippen molar-refractivity contribution in [3.63, 3.8) is 0 Å². The number of carboxylic acids is 1. The second-order valence-corrected chi connectivity index (χ2v) is 3.55. The van der Waals surface area contributed by atoms with E-state index in [1.165, 1.54) is 11.3 Å². The van der Waals surface area contributed by atoms with Crippen LogP contribution in [0.15, 0.2) is 11.6 Å². The van der Waals surface area contributed by atoms with Crippen LogP contribution < -0.4 is 5.32 Å². The summed E-state index contributed by atoms with van der Waals surface area (Å²) in [6.45, 7) is 1.83. The number of nitrogens with zero attached hydrogens (tertiary/aromatic N) is 1. The first-order chi connectivity index (χ1) is 6.17. The molecule has 1 rings (SSSR count). The van der Waals surface area contributed by atoms with Gasteiger partial charge in [-0.15, -0.1) is 11.3 Å². The molecule has 0 bridgehead atoms. The molecular formula is C8H12N2O2S. The summed E-state index contributed by atoms with van der Waals surface area (Å²) in [7, 11) is 1.64. The van der Waals surface area contributed by atoms with E-state index >= 15 is 0 Å². The minimum absolute atomic E-state index is 0.479. The van der Waals surface area contributed by atoms with Gasteiger partial charge in [0.15, 0.2) is 5.54 Å². The number of likely N-dealkylation sites (N-methyl/N-ethyl adjacent to an activating group) is 1. The number of aromatic nitrogens is 1. The Balaban J connectivity index is 3.11. The molecule has 0 aliphatic carbocycles. The van der Waals surface area contributed by atoms with E-state index in [0.717, 1.165) is 0 Å². The van der Waals surface area contributed by atoms with Gasteiger partial charge in [0.1, 0.15) is 5.01 Å². The van der Waals surface area contributed by atoms with Crippen LogP contribution in [0.3, 0.4) is 0 Å². The first-order valence-electron chi connectivity index (χ1n) is 3.99. The molecule has 13 heavy (non-hydrogen) atoms. The van der Waals surface area contributed by atoms with Crippen molar-refractivity contribution in [3.05, 3.63) is 16.6 Å². The molecule has 0 aliphatic heterocycles. The molecule has 0 fully saturated rings. The lowest BCUT2D eigenvalue weighted by Gasteiger charge is -2.24. The van der Waals surface area contributed by atoms with Crippen LogP contribution in [0.1, 0.15) is 18.4 Å². The van der Waals surface area contributed by atoms with Crippen molar-refractivity contribution in [2.24, 2.45) is 0 Å². The number of thiazole rings is 1. The fourth-order valence-electron chi connectivity index (χ4n) is 1.22. The molecule has 1 heterocycles. The van der Waals surface area contributed by atoms with Crippen molar-refractivity contribution in [2.75, 3.05) is 7.05 Å². The molecule has 0 spiro atoms. The van der Waals surface area contributed by atoms with Gasteiger partial charge in [-0.3, -0.25) is 5.32 Å². The lowest BCUT2D eigenvalue weighted by molar-refractivity contribution is -0.145. The zero-order valence-electron chi connectivity index (χ0n) is 7.57. The van der Waals surface area contributed by atoms with E-state index in [1.807, 2.05) is 6.92 Å². The Morgan fingerprint density at radius 1 is 1.85 bits per heavy atom. The molecule has 2 N–H and O–H groups in total. The smallest absolute Gasteiger partial charge is 0.331 e. The number of aliphatic carboxylic acids is 1. The predicted molar refractivity (Wildman–Crippen MR) is 50.8 cm³/mol. The third kappa shape index (κ3) is 1.57. The van der Waals surface area contributed by atoms with Crippen LogP contribution in [0.25, 0.3) is 0 Å². The molecule has 0 saturated carbocycles. The Kier molecular flexibility index (Phi) is 3.00. The van der Waals surface area contributed by atoms with Gasteiger partial charge in [-0.2, -0.15) is 0 Å². The number of rotatable bonds is 4. The lowest BCUT2D eigenvalue weighted by atomic mass is 9.98. The van der Waals surface area contributed by atoms with Crippen molar-refractivity contribution < 1.29 is 9.90 Å². The van der Waals surface area contributed by atoms with Gasteiger partial charge >= 0.3 is 5.97 Å². The quantitative estimate of drug-likeness (QED) is 0.762. The maximum absolute atomic E-state index is 11.1. The molecule has 0 saturated heterocycles. The molecule has 0 aromatic carbocycles. The maximum atomic E-state index is 11.1. The van der Waals surface area contributed by atoms with Gasteiger partial charge in [0.05, 0.1) is 0 Å². The van der Waals surface area contributed by atoms with Gasteiger partial charge in [-0.05, 0) is 13.5 Å². The predicted octanol–water partition coefficient (Wildman–Crippen LogP) is 1.05. The summed E-state index contributed by atoms with van der Waals surface area (Å²) in [5, 5.41) is 14.3. The van der Waals surface area contributed by atoms with E-state index in [9.17, 15) is 4.79 Å². The van der Waals surface area contributed by atoms with E-state index in [-0.39, 0.29) is 0 Å². The highest BCUT2D eigenvalue weighted by Gasteiger charge is 2.39. The van der Waals surface area contributed by atoms with E-state index < -0.39 is 11.5 Å². The molecule has 1 aromatic heterocycles. The van der Waals surface area contributed by atoms with Crippen LogP contribution in [0.5, 0.6) is 0 Å². The normalized spacial score (nSPS) is 15.2. The van der Waals surface area contributed by atoms with Crippen LogP contribution in [-0.2, 0) is 10.3 Å². The molecule has 0 amide bonds. The highest BCUT2D eigenvalue weighted by atomic mass is 32.1. The number of nitrogens with one attached hydrogen (secondary N) is 1. The number of hydrogen-bond acceptors (Lipinski definition) is 4. The van der Waals surface area contributed by atoms with Crippen LogP contribution in [0.4, 0.5) is 0 Å². The first-order valence-corrected chi connectivity index (χ1v) is 4.87.